The summed E-state index contributed by atoms with van der Waals surface area (Å²) in [6, 6.07) is 9.67. The number of carbonyl (C=O) groups excluding carboxylic acids is 2. The molecule has 1 aliphatic rings. The number of hydrogen-bond acceptors (Lipinski definition) is 4. The van der Waals surface area contributed by atoms with Crippen molar-refractivity contribution in [3.63, 3.8) is 0 Å². The summed E-state index contributed by atoms with van der Waals surface area (Å²) in [6.07, 6.45) is 3.64. The molecule has 1 N–H and O–H groups in total. The van der Waals surface area contributed by atoms with Gasteiger partial charge in [-0.05, 0) is 50.2 Å². The zero-order valence-corrected chi connectivity index (χ0v) is 18.0. The Hall–Kier alpha value is -2.93. The predicted octanol–water partition coefficient (Wildman–Crippen LogP) is 1.48. The molecule has 0 spiro atoms. The van der Waals surface area contributed by atoms with Crippen LogP contribution in [0.1, 0.15) is 39.9 Å². The molecule has 0 fully saturated rings. The van der Waals surface area contributed by atoms with E-state index < -0.39 is 0 Å². The Kier molecular flexibility index (Phi) is 7.05. The molecule has 0 aliphatic carbocycles. The third-order valence-corrected chi connectivity index (χ3v) is 5.47. The molecule has 160 valence electrons. The van der Waals surface area contributed by atoms with Crippen LogP contribution in [0.2, 0.25) is 0 Å². The van der Waals surface area contributed by atoms with Crippen molar-refractivity contribution in [2.24, 2.45) is 0 Å². The molecular weight excluding hydrogens is 380 g/mol. The molecule has 1 aromatic heterocycles. The van der Waals surface area contributed by atoms with Crippen molar-refractivity contribution in [2.75, 3.05) is 34.2 Å². The summed E-state index contributed by atoms with van der Waals surface area (Å²) in [5, 5.41) is 2.60. The van der Waals surface area contributed by atoms with Crippen molar-refractivity contribution in [2.45, 2.75) is 32.4 Å². The minimum atomic E-state index is -0.371. The second kappa shape index (κ2) is 9.71. The summed E-state index contributed by atoms with van der Waals surface area (Å²) in [6.45, 7) is 2.20. The lowest BCUT2D eigenvalue weighted by Crippen LogP contribution is -2.41. The lowest BCUT2D eigenvalue weighted by molar-refractivity contribution is -0.132. The molecular formula is C23H30N4O3. The van der Waals surface area contributed by atoms with E-state index in [4.69, 9.17) is 0 Å². The van der Waals surface area contributed by atoms with E-state index in [-0.39, 0.29) is 22.9 Å². The normalized spacial score (nSPS) is 13.3. The second-order valence-corrected chi connectivity index (χ2v) is 7.98. The van der Waals surface area contributed by atoms with Crippen LogP contribution in [0.15, 0.2) is 41.3 Å². The number of fused-ring (bicyclic) bond motifs is 1. The standard InChI is InChI=1S/C23H30N4O3/c1-24-22(29)21-19-11-13-26(20(28)10-7-12-25(2)3)15-18(19)16-27(23(21)30)14-17-8-5-4-6-9-17/h4-6,8-9,16H,7,10-15H2,1-3H3,(H,24,29). The van der Waals surface area contributed by atoms with Gasteiger partial charge in [0.25, 0.3) is 11.5 Å². The molecule has 0 bridgehead atoms. The lowest BCUT2D eigenvalue weighted by atomic mass is 9.95. The van der Waals surface area contributed by atoms with Gasteiger partial charge in [-0.15, -0.1) is 0 Å². The average molecular weight is 411 g/mol. The van der Waals surface area contributed by atoms with E-state index in [2.05, 4.69) is 10.2 Å². The number of aromatic nitrogens is 1. The maximum absolute atomic E-state index is 13.1. The average Bonchev–Trinajstić information content (AvgIpc) is 2.74. The van der Waals surface area contributed by atoms with Crippen molar-refractivity contribution >= 4 is 11.8 Å². The van der Waals surface area contributed by atoms with Crippen LogP contribution in [0.4, 0.5) is 0 Å². The van der Waals surface area contributed by atoms with Crippen molar-refractivity contribution < 1.29 is 9.59 Å². The molecule has 0 radical (unpaired) electrons. The van der Waals surface area contributed by atoms with Gasteiger partial charge < -0.3 is 19.7 Å². The van der Waals surface area contributed by atoms with Crippen LogP contribution in [0.25, 0.3) is 0 Å². The largest absolute Gasteiger partial charge is 0.355 e. The van der Waals surface area contributed by atoms with Crippen molar-refractivity contribution in [1.29, 1.82) is 0 Å². The van der Waals surface area contributed by atoms with Crippen LogP contribution in [-0.4, -0.2) is 60.4 Å². The third-order valence-electron chi connectivity index (χ3n) is 5.47. The molecule has 0 saturated carbocycles. The lowest BCUT2D eigenvalue weighted by Gasteiger charge is -2.30. The Morgan fingerprint density at radius 2 is 1.90 bits per heavy atom. The van der Waals surface area contributed by atoms with Gasteiger partial charge in [0.05, 0.1) is 6.54 Å². The Balaban J connectivity index is 1.89. The molecule has 7 heteroatoms. The minimum absolute atomic E-state index is 0.116. The first-order valence-corrected chi connectivity index (χ1v) is 10.3. The van der Waals surface area contributed by atoms with E-state index in [0.29, 0.717) is 32.5 Å². The first-order valence-electron chi connectivity index (χ1n) is 10.3. The van der Waals surface area contributed by atoms with Gasteiger partial charge in [-0.1, -0.05) is 30.3 Å². The molecule has 2 heterocycles. The molecule has 0 unspecified atom stereocenters. The first-order chi connectivity index (χ1) is 14.4. The molecule has 1 aromatic carbocycles. The summed E-state index contributed by atoms with van der Waals surface area (Å²) < 4.78 is 1.58. The SMILES string of the molecule is CNC(=O)c1c2c(cn(Cc3ccccc3)c1=O)CN(C(=O)CCCN(C)C)CC2. The van der Waals surface area contributed by atoms with Gasteiger partial charge in [-0.25, -0.2) is 0 Å². The van der Waals surface area contributed by atoms with Gasteiger partial charge in [0.2, 0.25) is 5.91 Å². The van der Waals surface area contributed by atoms with Gasteiger partial charge in [-0.3, -0.25) is 14.4 Å². The number of benzene rings is 1. The highest BCUT2D eigenvalue weighted by molar-refractivity contribution is 5.95. The van der Waals surface area contributed by atoms with Crippen molar-refractivity contribution in [3.05, 3.63) is 69.1 Å². The number of hydrogen-bond donors (Lipinski definition) is 1. The Morgan fingerprint density at radius 3 is 2.57 bits per heavy atom. The summed E-state index contributed by atoms with van der Waals surface area (Å²) in [5.41, 5.74) is 2.53. The number of pyridine rings is 1. The zero-order valence-electron chi connectivity index (χ0n) is 18.0. The quantitative estimate of drug-likeness (QED) is 0.750. The molecule has 3 rings (SSSR count). The highest BCUT2D eigenvalue weighted by atomic mass is 16.2. The summed E-state index contributed by atoms with van der Waals surface area (Å²) >= 11 is 0. The molecule has 2 aromatic rings. The highest BCUT2D eigenvalue weighted by Gasteiger charge is 2.27. The smallest absolute Gasteiger partial charge is 0.264 e. The first kappa shape index (κ1) is 21.8. The van der Waals surface area contributed by atoms with Crippen molar-refractivity contribution in [1.82, 2.24) is 19.7 Å². The summed E-state index contributed by atoms with van der Waals surface area (Å²) in [5.74, 6) is -0.255. The topological polar surface area (TPSA) is 74.6 Å². The second-order valence-electron chi connectivity index (χ2n) is 7.98. The van der Waals surface area contributed by atoms with E-state index in [1.54, 1.807) is 4.57 Å². The maximum Gasteiger partial charge on any atom is 0.264 e. The van der Waals surface area contributed by atoms with Crippen LogP contribution in [-0.2, 0) is 24.3 Å². The number of amides is 2. The van der Waals surface area contributed by atoms with Crippen molar-refractivity contribution in [3.8, 4) is 0 Å². The molecule has 30 heavy (non-hydrogen) atoms. The molecule has 0 atom stereocenters. The molecule has 7 nitrogen and oxygen atoms in total. The van der Waals surface area contributed by atoms with E-state index in [9.17, 15) is 14.4 Å². The van der Waals surface area contributed by atoms with Gasteiger partial charge in [0, 0.05) is 32.8 Å². The monoisotopic (exact) mass is 410 g/mol. The predicted molar refractivity (Wildman–Crippen MR) is 117 cm³/mol. The van der Waals surface area contributed by atoms with Gasteiger partial charge >= 0.3 is 0 Å². The van der Waals surface area contributed by atoms with E-state index in [1.807, 2.05) is 55.5 Å². The third kappa shape index (κ3) is 4.97. The highest BCUT2D eigenvalue weighted by Crippen LogP contribution is 2.22. The van der Waals surface area contributed by atoms with Gasteiger partial charge in [-0.2, -0.15) is 0 Å². The van der Waals surface area contributed by atoms with E-state index in [1.165, 1.54) is 7.05 Å². The fourth-order valence-electron chi connectivity index (χ4n) is 3.89. The molecule has 0 saturated heterocycles. The maximum atomic E-state index is 13.1. The fourth-order valence-corrected chi connectivity index (χ4v) is 3.89. The fraction of sp³-hybridized carbons (Fsp3) is 0.435. The number of nitrogens with one attached hydrogen (secondary N) is 1. The van der Waals surface area contributed by atoms with Crippen LogP contribution in [0.3, 0.4) is 0 Å². The minimum Gasteiger partial charge on any atom is -0.355 e. The number of rotatable bonds is 7. The van der Waals surface area contributed by atoms with Crippen LogP contribution in [0.5, 0.6) is 0 Å². The van der Waals surface area contributed by atoms with E-state index >= 15 is 0 Å². The summed E-state index contributed by atoms with van der Waals surface area (Å²) in [7, 11) is 5.52. The summed E-state index contributed by atoms with van der Waals surface area (Å²) in [4.78, 5) is 42.2. The Bertz CT molecular complexity index is 966. The molecule has 1 aliphatic heterocycles. The Morgan fingerprint density at radius 1 is 1.17 bits per heavy atom. The van der Waals surface area contributed by atoms with Gasteiger partial charge in [0.15, 0.2) is 0 Å². The van der Waals surface area contributed by atoms with Gasteiger partial charge in [0.1, 0.15) is 5.56 Å². The Labute approximate surface area is 177 Å². The van der Waals surface area contributed by atoms with E-state index in [0.717, 1.165) is 29.7 Å². The van der Waals surface area contributed by atoms with Crippen LogP contribution >= 0.6 is 0 Å². The zero-order chi connectivity index (χ0) is 21.7. The number of nitrogens with zero attached hydrogens (tertiary/aromatic N) is 3. The molecule has 2 amide bonds. The van der Waals surface area contributed by atoms with Crippen LogP contribution in [0, 0.1) is 0 Å². The number of carbonyl (C=O) groups is 2. The van der Waals surface area contributed by atoms with Crippen LogP contribution < -0.4 is 10.9 Å².